The van der Waals surface area contributed by atoms with E-state index in [0.29, 0.717) is 22.7 Å². The highest BCUT2D eigenvalue weighted by molar-refractivity contribution is 6.04. The Balaban J connectivity index is 1.84. The lowest BCUT2D eigenvalue weighted by molar-refractivity contribution is 0.102. The van der Waals surface area contributed by atoms with Crippen LogP contribution < -0.4 is 20.3 Å². The number of ether oxygens (including phenoxy) is 2. The Bertz CT molecular complexity index is 1060. The highest BCUT2D eigenvalue weighted by Gasteiger charge is 2.12. The summed E-state index contributed by atoms with van der Waals surface area (Å²) in [5, 5.41) is 2.75. The summed E-state index contributed by atoms with van der Waals surface area (Å²) in [6.07, 6.45) is 1.44. The molecule has 3 aromatic rings. The van der Waals surface area contributed by atoms with Crippen molar-refractivity contribution >= 4 is 11.6 Å². The zero-order valence-electron chi connectivity index (χ0n) is 15.4. The number of nitrogens with zero attached hydrogens (tertiary/aromatic N) is 1. The summed E-state index contributed by atoms with van der Waals surface area (Å²) in [6.45, 7) is 0.156. The second-order valence-electron chi connectivity index (χ2n) is 6.03. The average molecular weight is 382 g/mol. The van der Waals surface area contributed by atoms with Crippen LogP contribution in [0.5, 0.6) is 11.5 Å². The van der Waals surface area contributed by atoms with Gasteiger partial charge in [0.15, 0.2) is 0 Å². The van der Waals surface area contributed by atoms with Crippen LogP contribution in [-0.4, -0.2) is 24.7 Å². The van der Waals surface area contributed by atoms with E-state index in [1.54, 1.807) is 30.3 Å². The van der Waals surface area contributed by atoms with E-state index in [1.807, 2.05) is 0 Å². The number of carbonyl (C=O) groups is 1. The number of aromatic nitrogens is 1. The molecule has 0 saturated heterocycles. The minimum Gasteiger partial charge on any atom is -0.497 e. The molecule has 0 aliphatic carbocycles. The minimum absolute atomic E-state index is 0.156. The molecule has 1 amide bonds. The SMILES string of the molecule is COc1ccc(NC(=O)c2ccc(=O)n(Cc3cccc(F)c3)c2)c(OC)c1. The molecule has 0 unspecified atom stereocenters. The van der Waals surface area contributed by atoms with Crippen LogP contribution in [0.15, 0.2) is 65.6 Å². The summed E-state index contributed by atoms with van der Waals surface area (Å²) in [4.78, 5) is 24.7. The standard InChI is InChI=1S/C21H19FN2O4/c1-27-17-7-8-18(19(11-17)28-2)23-21(26)15-6-9-20(25)24(13-15)12-14-4-3-5-16(22)10-14/h3-11,13H,12H2,1-2H3,(H,23,26). The molecule has 0 bridgehead atoms. The number of anilines is 1. The molecule has 144 valence electrons. The van der Waals surface area contributed by atoms with Gasteiger partial charge in [-0.1, -0.05) is 12.1 Å². The van der Waals surface area contributed by atoms with Crippen molar-refractivity contribution in [2.24, 2.45) is 0 Å². The number of rotatable bonds is 6. The van der Waals surface area contributed by atoms with E-state index in [-0.39, 0.29) is 23.5 Å². The second-order valence-corrected chi connectivity index (χ2v) is 6.03. The van der Waals surface area contributed by atoms with Crippen LogP contribution >= 0.6 is 0 Å². The number of hydrogen-bond donors (Lipinski definition) is 1. The highest BCUT2D eigenvalue weighted by Crippen LogP contribution is 2.29. The number of amides is 1. The van der Waals surface area contributed by atoms with Gasteiger partial charge in [0.25, 0.3) is 11.5 Å². The van der Waals surface area contributed by atoms with E-state index >= 15 is 0 Å². The molecule has 0 radical (unpaired) electrons. The van der Waals surface area contributed by atoms with Gasteiger partial charge in [0.05, 0.1) is 32.0 Å². The van der Waals surface area contributed by atoms with Crippen molar-refractivity contribution in [3.8, 4) is 11.5 Å². The van der Waals surface area contributed by atoms with Crippen LogP contribution in [-0.2, 0) is 6.54 Å². The monoisotopic (exact) mass is 382 g/mol. The molecular weight excluding hydrogens is 363 g/mol. The van der Waals surface area contributed by atoms with Gasteiger partial charge >= 0.3 is 0 Å². The second kappa shape index (κ2) is 8.39. The smallest absolute Gasteiger partial charge is 0.257 e. The zero-order chi connectivity index (χ0) is 20.1. The zero-order valence-corrected chi connectivity index (χ0v) is 15.4. The van der Waals surface area contributed by atoms with Gasteiger partial charge in [0, 0.05) is 18.3 Å². The molecule has 0 fully saturated rings. The summed E-state index contributed by atoms with van der Waals surface area (Å²) in [6, 6.07) is 13.7. The Labute approximate surface area is 161 Å². The molecule has 0 aliphatic heterocycles. The Morgan fingerprint density at radius 1 is 1.07 bits per heavy atom. The molecular formula is C21H19FN2O4. The van der Waals surface area contributed by atoms with Crippen LogP contribution in [0.4, 0.5) is 10.1 Å². The van der Waals surface area contributed by atoms with E-state index in [9.17, 15) is 14.0 Å². The molecule has 6 nitrogen and oxygen atoms in total. The van der Waals surface area contributed by atoms with Gasteiger partial charge in [-0.25, -0.2) is 4.39 Å². The molecule has 0 spiro atoms. The topological polar surface area (TPSA) is 69.6 Å². The fourth-order valence-electron chi connectivity index (χ4n) is 2.72. The maximum atomic E-state index is 13.4. The van der Waals surface area contributed by atoms with Crippen molar-refractivity contribution in [1.29, 1.82) is 0 Å². The Morgan fingerprint density at radius 2 is 1.89 bits per heavy atom. The molecule has 0 saturated carbocycles. The number of carbonyl (C=O) groups excluding carboxylic acids is 1. The van der Waals surface area contributed by atoms with Gasteiger partial charge < -0.3 is 19.4 Å². The first-order valence-corrected chi connectivity index (χ1v) is 8.48. The Hall–Kier alpha value is -3.61. The number of methoxy groups -OCH3 is 2. The summed E-state index contributed by atoms with van der Waals surface area (Å²) < 4.78 is 25.1. The molecule has 1 heterocycles. The lowest BCUT2D eigenvalue weighted by atomic mass is 10.2. The molecule has 7 heteroatoms. The summed E-state index contributed by atoms with van der Waals surface area (Å²) in [5.74, 6) is 0.252. The molecule has 2 aromatic carbocycles. The lowest BCUT2D eigenvalue weighted by Gasteiger charge is -2.12. The van der Waals surface area contributed by atoms with Gasteiger partial charge in [-0.2, -0.15) is 0 Å². The third-order valence-electron chi connectivity index (χ3n) is 4.14. The van der Waals surface area contributed by atoms with Crippen molar-refractivity contribution in [3.05, 3.63) is 88.1 Å². The quantitative estimate of drug-likeness (QED) is 0.710. The van der Waals surface area contributed by atoms with Gasteiger partial charge in [0.2, 0.25) is 0 Å². The largest absolute Gasteiger partial charge is 0.497 e. The van der Waals surface area contributed by atoms with Crippen molar-refractivity contribution < 1.29 is 18.7 Å². The van der Waals surface area contributed by atoms with Crippen molar-refractivity contribution in [2.45, 2.75) is 6.54 Å². The summed E-state index contributed by atoms with van der Waals surface area (Å²) in [5.41, 5.74) is 1.09. The molecule has 1 aromatic heterocycles. The van der Waals surface area contributed by atoms with Crippen molar-refractivity contribution in [3.63, 3.8) is 0 Å². The first-order valence-electron chi connectivity index (χ1n) is 8.48. The van der Waals surface area contributed by atoms with Gasteiger partial charge in [-0.3, -0.25) is 9.59 Å². The summed E-state index contributed by atoms with van der Waals surface area (Å²) >= 11 is 0. The highest BCUT2D eigenvalue weighted by atomic mass is 19.1. The van der Waals surface area contributed by atoms with Crippen LogP contribution in [0.1, 0.15) is 15.9 Å². The van der Waals surface area contributed by atoms with E-state index in [4.69, 9.17) is 9.47 Å². The number of pyridine rings is 1. The molecule has 28 heavy (non-hydrogen) atoms. The van der Waals surface area contributed by atoms with Crippen LogP contribution in [0.2, 0.25) is 0 Å². The number of benzene rings is 2. The third-order valence-corrected chi connectivity index (χ3v) is 4.14. The first-order chi connectivity index (χ1) is 13.5. The fraction of sp³-hybridized carbons (Fsp3) is 0.143. The maximum Gasteiger partial charge on any atom is 0.257 e. The van der Waals surface area contributed by atoms with Gasteiger partial charge in [0.1, 0.15) is 17.3 Å². The van der Waals surface area contributed by atoms with E-state index in [0.717, 1.165) is 0 Å². The normalized spacial score (nSPS) is 10.4. The van der Waals surface area contributed by atoms with Crippen molar-refractivity contribution in [1.82, 2.24) is 4.57 Å². The van der Waals surface area contributed by atoms with Gasteiger partial charge in [-0.15, -0.1) is 0 Å². The van der Waals surface area contributed by atoms with Gasteiger partial charge in [-0.05, 0) is 35.9 Å². The number of hydrogen-bond acceptors (Lipinski definition) is 4. The average Bonchev–Trinajstić information content (AvgIpc) is 2.70. The van der Waals surface area contributed by atoms with Crippen molar-refractivity contribution in [2.75, 3.05) is 19.5 Å². The first kappa shape index (κ1) is 19.2. The fourth-order valence-corrected chi connectivity index (χ4v) is 2.72. The van der Waals surface area contributed by atoms with Crippen LogP contribution in [0.3, 0.4) is 0 Å². The third kappa shape index (κ3) is 4.37. The summed E-state index contributed by atoms with van der Waals surface area (Å²) in [7, 11) is 3.03. The number of nitrogens with one attached hydrogen (secondary N) is 1. The molecule has 1 N–H and O–H groups in total. The Kier molecular flexibility index (Phi) is 5.74. The number of halogens is 1. The molecule has 0 aliphatic rings. The van der Waals surface area contributed by atoms with E-state index in [2.05, 4.69) is 5.32 Å². The molecule has 0 atom stereocenters. The lowest BCUT2D eigenvalue weighted by Crippen LogP contribution is -2.22. The predicted molar refractivity (Wildman–Crippen MR) is 104 cm³/mol. The maximum absolute atomic E-state index is 13.4. The minimum atomic E-state index is -0.406. The Morgan fingerprint density at radius 3 is 2.61 bits per heavy atom. The van der Waals surface area contributed by atoms with Crippen LogP contribution in [0.25, 0.3) is 0 Å². The van der Waals surface area contributed by atoms with E-state index in [1.165, 1.54) is 49.2 Å². The van der Waals surface area contributed by atoms with Crippen LogP contribution in [0, 0.1) is 5.82 Å². The predicted octanol–water partition coefficient (Wildman–Crippen LogP) is 3.31. The molecule has 3 rings (SSSR count). The van der Waals surface area contributed by atoms with E-state index < -0.39 is 5.91 Å².